The summed E-state index contributed by atoms with van der Waals surface area (Å²) in [4.78, 5) is 14.1. The largest absolute Gasteiger partial charge is 0.306 e. The predicted molar refractivity (Wildman–Crippen MR) is 70.3 cm³/mol. The van der Waals surface area contributed by atoms with E-state index < -0.39 is 0 Å². The van der Waals surface area contributed by atoms with E-state index >= 15 is 0 Å². The number of aryl methyl sites for hydroxylation is 1. The summed E-state index contributed by atoms with van der Waals surface area (Å²) in [7, 11) is 2.04. The molecule has 0 aromatic heterocycles. The van der Waals surface area contributed by atoms with Gasteiger partial charge in [0.1, 0.15) is 5.82 Å². The van der Waals surface area contributed by atoms with E-state index in [2.05, 4.69) is 4.90 Å². The normalized spacial score (nSPS) is 15.1. The van der Waals surface area contributed by atoms with Gasteiger partial charge >= 0.3 is 0 Å². The number of benzene rings is 1. The Morgan fingerprint density at radius 1 is 1.44 bits per heavy atom. The Labute approximate surface area is 108 Å². The second-order valence-corrected chi connectivity index (χ2v) is 5.34. The van der Waals surface area contributed by atoms with Crippen molar-refractivity contribution in [3.05, 3.63) is 35.1 Å². The molecule has 1 aliphatic carbocycles. The van der Waals surface area contributed by atoms with Gasteiger partial charge in [-0.15, -0.1) is 0 Å². The number of carbonyl (C=O) groups excluding carboxylic acids is 1. The van der Waals surface area contributed by atoms with Gasteiger partial charge in [0.2, 0.25) is 0 Å². The van der Waals surface area contributed by atoms with E-state index in [4.69, 9.17) is 0 Å². The Morgan fingerprint density at radius 2 is 2.17 bits per heavy atom. The van der Waals surface area contributed by atoms with Crippen molar-refractivity contribution in [2.24, 2.45) is 5.92 Å². The number of hydrogen-bond donors (Lipinski definition) is 0. The quantitative estimate of drug-likeness (QED) is 0.722. The predicted octanol–water partition coefficient (Wildman–Crippen LogP) is 3.05. The van der Waals surface area contributed by atoms with E-state index in [-0.39, 0.29) is 11.6 Å². The molecule has 1 saturated carbocycles. The molecule has 18 heavy (non-hydrogen) atoms. The molecular formula is C15H20FNO. The molecule has 1 aromatic rings. The highest BCUT2D eigenvalue weighted by Gasteiger charge is 2.22. The van der Waals surface area contributed by atoms with E-state index in [1.54, 1.807) is 19.1 Å². The molecule has 0 atom stereocenters. The molecule has 0 bridgehead atoms. The maximum atomic E-state index is 13.4. The zero-order chi connectivity index (χ0) is 13.1. The van der Waals surface area contributed by atoms with Crippen LogP contribution >= 0.6 is 0 Å². The van der Waals surface area contributed by atoms with Crippen molar-refractivity contribution in [3.8, 4) is 0 Å². The molecule has 0 heterocycles. The summed E-state index contributed by atoms with van der Waals surface area (Å²) in [6.07, 6.45) is 3.11. The molecule has 2 rings (SSSR count). The second-order valence-electron chi connectivity index (χ2n) is 5.34. The van der Waals surface area contributed by atoms with Gasteiger partial charge in [-0.05, 0) is 44.4 Å². The van der Waals surface area contributed by atoms with Crippen molar-refractivity contribution in [3.63, 3.8) is 0 Å². The van der Waals surface area contributed by atoms with Crippen LogP contribution in [0.2, 0.25) is 0 Å². The molecule has 0 unspecified atom stereocenters. The fourth-order valence-electron chi connectivity index (χ4n) is 2.04. The minimum absolute atomic E-state index is 0.0246. The van der Waals surface area contributed by atoms with Gasteiger partial charge in [0.15, 0.2) is 5.78 Å². The summed E-state index contributed by atoms with van der Waals surface area (Å²) < 4.78 is 13.4. The van der Waals surface area contributed by atoms with E-state index in [1.807, 2.05) is 7.05 Å². The van der Waals surface area contributed by atoms with Crippen molar-refractivity contribution >= 4 is 5.78 Å². The average molecular weight is 249 g/mol. The van der Waals surface area contributed by atoms with Crippen molar-refractivity contribution in [2.75, 3.05) is 20.1 Å². The van der Waals surface area contributed by atoms with Crippen LogP contribution in [0.3, 0.4) is 0 Å². The Kier molecular flexibility index (Phi) is 4.12. The minimum atomic E-state index is -0.299. The Bertz CT molecular complexity index is 440. The van der Waals surface area contributed by atoms with Gasteiger partial charge in [-0.1, -0.05) is 12.1 Å². The summed E-state index contributed by atoms with van der Waals surface area (Å²) in [5.74, 6) is 0.561. The lowest BCUT2D eigenvalue weighted by Crippen LogP contribution is -2.24. The molecule has 0 spiro atoms. The lowest BCUT2D eigenvalue weighted by molar-refractivity contribution is 0.0968. The topological polar surface area (TPSA) is 20.3 Å². The van der Waals surface area contributed by atoms with Crippen molar-refractivity contribution in [1.29, 1.82) is 0 Å². The fourth-order valence-corrected chi connectivity index (χ4v) is 2.04. The first-order valence-electron chi connectivity index (χ1n) is 6.54. The molecule has 1 fully saturated rings. The third-order valence-electron chi connectivity index (χ3n) is 3.48. The zero-order valence-corrected chi connectivity index (χ0v) is 11.1. The number of Topliss-reactive ketones (excluding diaryl/α,β-unsaturated/α-hetero) is 1. The summed E-state index contributed by atoms with van der Waals surface area (Å²) in [6, 6.07) is 4.72. The standard InChI is InChI=1S/C15H20FNO/c1-11-3-6-13(9-14(11)16)15(18)7-8-17(2)10-12-4-5-12/h3,6,9,12H,4-5,7-8,10H2,1-2H3. The van der Waals surface area contributed by atoms with Crippen LogP contribution in [-0.2, 0) is 0 Å². The molecule has 98 valence electrons. The Hall–Kier alpha value is -1.22. The SMILES string of the molecule is Cc1ccc(C(=O)CCN(C)CC2CC2)cc1F. The lowest BCUT2D eigenvalue weighted by Gasteiger charge is -2.15. The third-order valence-corrected chi connectivity index (χ3v) is 3.48. The van der Waals surface area contributed by atoms with Gasteiger partial charge in [0, 0.05) is 25.1 Å². The van der Waals surface area contributed by atoms with Crippen LogP contribution in [0.25, 0.3) is 0 Å². The van der Waals surface area contributed by atoms with Gasteiger partial charge in [0.05, 0.1) is 0 Å². The number of nitrogens with zero attached hydrogens (tertiary/aromatic N) is 1. The average Bonchev–Trinajstić information content (AvgIpc) is 3.13. The first-order valence-corrected chi connectivity index (χ1v) is 6.54. The van der Waals surface area contributed by atoms with Gasteiger partial charge < -0.3 is 4.90 Å². The molecule has 0 N–H and O–H groups in total. The molecular weight excluding hydrogens is 229 g/mol. The van der Waals surface area contributed by atoms with Crippen molar-refractivity contribution in [2.45, 2.75) is 26.2 Å². The maximum Gasteiger partial charge on any atom is 0.164 e. The number of halogens is 1. The number of ketones is 1. The maximum absolute atomic E-state index is 13.4. The van der Waals surface area contributed by atoms with E-state index in [1.165, 1.54) is 18.9 Å². The minimum Gasteiger partial charge on any atom is -0.306 e. The van der Waals surface area contributed by atoms with Gasteiger partial charge in [0.25, 0.3) is 0 Å². The molecule has 2 nitrogen and oxygen atoms in total. The molecule has 0 radical (unpaired) electrons. The van der Waals surface area contributed by atoms with Crippen LogP contribution in [0.1, 0.15) is 35.2 Å². The number of hydrogen-bond acceptors (Lipinski definition) is 2. The molecule has 1 aliphatic rings. The first kappa shape index (κ1) is 13.2. The first-order chi connectivity index (χ1) is 8.56. The van der Waals surface area contributed by atoms with E-state index in [0.717, 1.165) is 19.0 Å². The second kappa shape index (κ2) is 5.61. The van der Waals surface area contributed by atoms with Gasteiger partial charge in [-0.3, -0.25) is 4.79 Å². The zero-order valence-electron chi connectivity index (χ0n) is 11.1. The monoisotopic (exact) mass is 249 g/mol. The van der Waals surface area contributed by atoms with E-state index in [0.29, 0.717) is 17.5 Å². The molecule has 0 aliphatic heterocycles. The fraction of sp³-hybridized carbons (Fsp3) is 0.533. The summed E-state index contributed by atoms with van der Waals surface area (Å²) in [5.41, 5.74) is 1.07. The number of carbonyl (C=O) groups is 1. The van der Waals surface area contributed by atoms with E-state index in [9.17, 15) is 9.18 Å². The van der Waals surface area contributed by atoms with Crippen LogP contribution in [-0.4, -0.2) is 30.8 Å². The summed E-state index contributed by atoms with van der Waals surface area (Å²) >= 11 is 0. The van der Waals surface area contributed by atoms with Crippen molar-refractivity contribution in [1.82, 2.24) is 4.90 Å². The molecule has 0 saturated heterocycles. The molecule has 0 amide bonds. The summed E-state index contributed by atoms with van der Waals surface area (Å²) in [6.45, 7) is 3.54. The van der Waals surface area contributed by atoms with Crippen molar-refractivity contribution < 1.29 is 9.18 Å². The molecule has 3 heteroatoms. The van der Waals surface area contributed by atoms with Crippen LogP contribution in [0.15, 0.2) is 18.2 Å². The van der Waals surface area contributed by atoms with Crippen LogP contribution in [0, 0.1) is 18.7 Å². The Balaban J connectivity index is 1.84. The van der Waals surface area contributed by atoms with Crippen LogP contribution in [0.5, 0.6) is 0 Å². The van der Waals surface area contributed by atoms with Crippen LogP contribution in [0.4, 0.5) is 4.39 Å². The van der Waals surface area contributed by atoms with Crippen LogP contribution < -0.4 is 0 Å². The summed E-state index contributed by atoms with van der Waals surface area (Å²) in [5, 5.41) is 0. The van der Waals surface area contributed by atoms with Gasteiger partial charge in [-0.2, -0.15) is 0 Å². The molecule has 1 aromatic carbocycles. The lowest BCUT2D eigenvalue weighted by atomic mass is 10.1. The Morgan fingerprint density at radius 3 is 2.78 bits per heavy atom. The highest BCUT2D eigenvalue weighted by atomic mass is 19.1. The smallest absolute Gasteiger partial charge is 0.164 e. The number of rotatable bonds is 6. The third kappa shape index (κ3) is 3.64. The highest BCUT2D eigenvalue weighted by Crippen LogP contribution is 2.29. The van der Waals surface area contributed by atoms with Gasteiger partial charge in [-0.25, -0.2) is 4.39 Å². The highest BCUT2D eigenvalue weighted by molar-refractivity contribution is 5.96.